The van der Waals surface area contributed by atoms with Gasteiger partial charge in [0.25, 0.3) is 0 Å². The Morgan fingerprint density at radius 2 is 2.06 bits per heavy atom. The van der Waals surface area contributed by atoms with Crippen molar-refractivity contribution in [2.24, 2.45) is 0 Å². The summed E-state index contributed by atoms with van der Waals surface area (Å²) in [4.78, 5) is 10.4. The van der Waals surface area contributed by atoms with Gasteiger partial charge < -0.3 is 5.11 Å². The maximum Gasteiger partial charge on any atom is 0.303 e. The van der Waals surface area contributed by atoms with Crippen molar-refractivity contribution in [2.75, 3.05) is 0 Å². The van der Waals surface area contributed by atoms with Crippen LogP contribution in [0.1, 0.15) is 36.5 Å². The summed E-state index contributed by atoms with van der Waals surface area (Å²) >= 11 is 0. The summed E-state index contributed by atoms with van der Waals surface area (Å²) in [6.45, 7) is 6.18. The third-order valence-electron chi connectivity index (χ3n) is 2.62. The largest absolute Gasteiger partial charge is 0.481 e. The Hall–Kier alpha value is -1.57. The van der Waals surface area contributed by atoms with E-state index in [9.17, 15) is 4.79 Å². The van der Waals surface area contributed by atoms with Crippen molar-refractivity contribution >= 4 is 11.5 Å². The van der Waals surface area contributed by atoms with Crippen molar-refractivity contribution in [1.29, 1.82) is 0 Å². The molecule has 0 unspecified atom stereocenters. The number of benzene rings is 1. The molecule has 1 N–H and O–H groups in total. The van der Waals surface area contributed by atoms with E-state index in [0.717, 1.165) is 5.57 Å². The molecule has 0 atom stereocenters. The van der Waals surface area contributed by atoms with E-state index in [0.29, 0.717) is 6.42 Å². The Morgan fingerprint density at radius 1 is 1.38 bits per heavy atom. The molecule has 2 heteroatoms. The fourth-order valence-electron chi connectivity index (χ4n) is 1.78. The van der Waals surface area contributed by atoms with Crippen molar-refractivity contribution in [3.05, 3.63) is 41.0 Å². The Bertz CT molecular complexity index is 417. The van der Waals surface area contributed by atoms with Crippen LogP contribution in [-0.4, -0.2) is 11.1 Å². The minimum absolute atomic E-state index is 0.197. The number of aryl methyl sites for hydroxylation is 2. The first kappa shape index (κ1) is 12.5. The second-order valence-electron chi connectivity index (χ2n) is 4.14. The topological polar surface area (TPSA) is 37.3 Å². The molecule has 0 aliphatic rings. The quantitative estimate of drug-likeness (QED) is 0.838. The lowest BCUT2D eigenvalue weighted by atomic mass is 9.99. The highest BCUT2D eigenvalue weighted by molar-refractivity contribution is 5.69. The standard InChI is InChI=1S/C14H18O2/c1-10-7-8-13(12(3)9-10)11(2)5-4-6-14(15)16/h5,7-9H,4,6H2,1-3H3,(H,15,16)/b11-5+. The Kier molecular flexibility index (Phi) is 4.29. The molecule has 0 aromatic heterocycles. The zero-order chi connectivity index (χ0) is 12.1. The molecule has 1 aromatic carbocycles. The van der Waals surface area contributed by atoms with Crippen molar-refractivity contribution < 1.29 is 9.90 Å². The van der Waals surface area contributed by atoms with E-state index in [2.05, 4.69) is 32.0 Å². The Balaban J connectivity index is 2.79. The van der Waals surface area contributed by atoms with Gasteiger partial charge in [-0.05, 0) is 43.9 Å². The molecule has 1 aromatic rings. The van der Waals surface area contributed by atoms with Gasteiger partial charge in [0.15, 0.2) is 0 Å². The highest BCUT2D eigenvalue weighted by atomic mass is 16.4. The van der Waals surface area contributed by atoms with E-state index in [-0.39, 0.29) is 6.42 Å². The number of allylic oxidation sites excluding steroid dienone is 2. The van der Waals surface area contributed by atoms with Crippen molar-refractivity contribution in [2.45, 2.75) is 33.6 Å². The average Bonchev–Trinajstić information content (AvgIpc) is 2.16. The van der Waals surface area contributed by atoms with E-state index in [1.165, 1.54) is 16.7 Å². The second kappa shape index (κ2) is 5.50. The minimum atomic E-state index is -0.746. The molecule has 0 radical (unpaired) electrons. The third-order valence-corrected chi connectivity index (χ3v) is 2.62. The molecular weight excluding hydrogens is 200 g/mol. The summed E-state index contributed by atoms with van der Waals surface area (Å²) in [5.74, 6) is -0.746. The molecule has 0 amide bonds. The van der Waals surface area contributed by atoms with Gasteiger partial charge in [-0.1, -0.05) is 29.8 Å². The summed E-state index contributed by atoms with van der Waals surface area (Å²) in [5.41, 5.74) is 4.85. The molecule has 1 rings (SSSR count). The van der Waals surface area contributed by atoms with E-state index < -0.39 is 5.97 Å². The minimum Gasteiger partial charge on any atom is -0.481 e. The fraction of sp³-hybridized carbons (Fsp3) is 0.357. The van der Waals surface area contributed by atoms with Crippen LogP contribution in [0.25, 0.3) is 5.57 Å². The zero-order valence-corrected chi connectivity index (χ0v) is 10.1. The average molecular weight is 218 g/mol. The SMILES string of the molecule is C/C(=C\CCC(=O)O)c1ccc(C)cc1C. The molecule has 2 nitrogen and oxygen atoms in total. The van der Waals surface area contributed by atoms with Crippen molar-refractivity contribution in [3.63, 3.8) is 0 Å². The molecule has 0 saturated heterocycles. The van der Waals surface area contributed by atoms with Crippen LogP contribution >= 0.6 is 0 Å². The molecule has 0 bridgehead atoms. The molecule has 0 saturated carbocycles. The highest BCUT2D eigenvalue weighted by Crippen LogP contribution is 2.20. The number of carboxylic acid groups (broad SMARTS) is 1. The number of carbonyl (C=O) groups is 1. The van der Waals surface area contributed by atoms with Gasteiger partial charge in [-0.15, -0.1) is 0 Å². The number of hydrogen-bond donors (Lipinski definition) is 1. The molecule has 0 heterocycles. The van der Waals surface area contributed by atoms with E-state index in [1.54, 1.807) is 0 Å². The summed E-state index contributed by atoms with van der Waals surface area (Å²) in [6, 6.07) is 6.32. The number of carboxylic acids is 1. The van der Waals surface area contributed by atoms with Gasteiger partial charge in [0.05, 0.1) is 0 Å². The normalized spacial score (nSPS) is 11.6. The second-order valence-corrected chi connectivity index (χ2v) is 4.14. The van der Waals surface area contributed by atoms with Gasteiger partial charge in [0.1, 0.15) is 0 Å². The highest BCUT2D eigenvalue weighted by Gasteiger charge is 2.01. The van der Waals surface area contributed by atoms with Crippen LogP contribution in [-0.2, 0) is 4.79 Å². The first-order valence-electron chi connectivity index (χ1n) is 5.47. The lowest BCUT2D eigenvalue weighted by Crippen LogP contribution is -1.93. The van der Waals surface area contributed by atoms with Crippen molar-refractivity contribution in [3.8, 4) is 0 Å². The maximum absolute atomic E-state index is 10.4. The fourth-order valence-corrected chi connectivity index (χ4v) is 1.78. The molecular formula is C14H18O2. The van der Waals surface area contributed by atoms with Gasteiger partial charge in [-0.25, -0.2) is 0 Å². The van der Waals surface area contributed by atoms with Crippen LogP contribution < -0.4 is 0 Å². The zero-order valence-electron chi connectivity index (χ0n) is 10.1. The van der Waals surface area contributed by atoms with Crippen LogP contribution in [0.3, 0.4) is 0 Å². The van der Waals surface area contributed by atoms with Crippen LogP contribution in [0.4, 0.5) is 0 Å². The first-order chi connectivity index (χ1) is 7.50. The van der Waals surface area contributed by atoms with Crippen LogP contribution in [0.2, 0.25) is 0 Å². The lowest BCUT2D eigenvalue weighted by molar-refractivity contribution is -0.136. The van der Waals surface area contributed by atoms with Gasteiger partial charge in [-0.2, -0.15) is 0 Å². The molecule has 86 valence electrons. The monoisotopic (exact) mass is 218 g/mol. The van der Waals surface area contributed by atoms with Gasteiger partial charge in [-0.3, -0.25) is 4.79 Å². The smallest absolute Gasteiger partial charge is 0.303 e. The summed E-state index contributed by atoms with van der Waals surface area (Å²) < 4.78 is 0. The number of hydrogen-bond acceptors (Lipinski definition) is 1. The van der Waals surface area contributed by atoms with E-state index >= 15 is 0 Å². The first-order valence-corrected chi connectivity index (χ1v) is 5.47. The van der Waals surface area contributed by atoms with Gasteiger partial charge in [0, 0.05) is 6.42 Å². The molecule has 0 spiro atoms. The Labute approximate surface area is 96.6 Å². The number of rotatable bonds is 4. The predicted molar refractivity (Wildman–Crippen MR) is 66.4 cm³/mol. The lowest BCUT2D eigenvalue weighted by Gasteiger charge is -2.07. The number of aliphatic carboxylic acids is 1. The van der Waals surface area contributed by atoms with Crippen molar-refractivity contribution in [1.82, 2.24) is 0 Å². The molecule has 16 heavy (non-hydrogen) atoms. The van der Waals surface area contributed by atoms with Gasteiger partial charge in [0.2, 0.25) is 0 Å². The van der Waals surface area contributed by atoms with E-state index in [1.807, 2.05) is 13.0 Å². The molecule has 0 aliphatic carbocycles. The Morgan fingerprint density at radius 3 is 2.62 bits per heavy atom. The summed E-state index contributed by atoms with van der Waals surface area (Å²) in [6.07, 6.45) is 2.78. The summed E-state index contributed by atoms with van der Waals surface area (Å²) in [5, 5.41) is 8.56. The van der Waals surface area contributed by atoms with Crippen LogP contribution in [0.15, 0.2) is 24.3 Å². The van der Waals surface area contributed by atoms with Crippen LogP contribution in [0, 0.1) is 13.8 Å². The van der Waals surface area contributed by atoms with Gasteiger partial charge >= 0.3 is 5.97 Å². The predicted octanol–water partition coefficient (Wildman–Crippen LogP) is 3.57. The third kappa shape index (κ3) is 3.54. The summed E-state index contributed by atoms with van der Waals surface area (Å²) in [7, 11) is 0. The molecule has 0 aliphatic heterocycles. The maximum atomic E-state index is 10.4. The molecule has 0 fully saturated rings. The van der Waals surface area contributed by atoms with Crippen LogP contribution in [0.5, 0.6) is 0 Å². The van der Waals surface area contributed by atoms with E-state index in [4.69, 9.17) is 5.11 Å².